The lowest BCUT2D eigenvalue weighted by atomic mass is 10.0. The Morgan fingerprint density at radius 1 is 1.38 bits per heavy atom. The SMILES string of the molecule is CC(CN)CCC(=O)Cc1ccc(Br)cc1. The summed E-state index contributed by atoms with van der Waals surface area (Å²) in [5.41, 5.74) is 6.59. The predicted molar refractivity (Wildman–Crippen MR) is 70.3 cm³/mol. The van der Waals surface area contributed by atoms with Crippen LogP contribution in [0.5, 0.6) is 0 Å². The van der Waals surface area contributed by atoms with Crippen LogP contribution in [0, 0.1) is 5.92 Å². The third kappa shape index (κ3) is 4.90. The first kappa shape index (κ1) is 13.4. The second-order valence-electron chi connectivity index (χ2n) is 4.22. The quantitative estimate of drug-likeness (QED) is 0.872. The fourth-order valence-electron chi connectivity index (χ4n) is 1.44. The molecule has 16 heavy (non-hydrogen) atoms. The maximum atomic E-state index is 11.7. The smallest absolute Gasteiger partial charge is 0.137 e. The van der Waals surface area contributed by atoms with Crippen LogP contribution >= 0.6 is 15.9 Å². The van der Waals surface area contributed by atoms with E-state index < -0.39 is 0 Å². The van der Waals surface area contributed by atoms with Crippen LogP contribution in [0.2, 0.25) is 0 Å². The molecule has 1 aromatic rings. The predicted octanol–water partition coefficient (Wildman–Crippen LogP) is 2.94. The highest BCUT2D eigenvalue weighted by Crippen LogP contribution is 2.12. The fourth-order valence-corrected chi connectivity index (χ4v) is 1.71. The summed E-state index contributed by atoms with van der Waals surface area (Å²) in [6.45, 7) is 2.73. The first-order valence-corrected chi connectivity index (χ1v) is 6.37. The maximum Gasteiger partial charge on any atom is 0.137 e. The molecule has 88 valence electrons. The minimum atomic E-state index is 0.294. The summed E-state index contributed by atoms with van der Waals surface area (Å²) in [5, 5.41) is 0. The molecule has 0 amide bonds. The van der Waals surface area contributed by atoms with Crippen molar-refractivity contribution in [3.8, 4) is 0 Å². The molecule has 1 rings (SSSR count). The lowest BCUT2D eigenvalue weighted by Crippen LogP contribution is -2.13. The van der Waals surface area contributed by atoms with Crippen LogP contribution in [0.3, 0.4) is 0 Å². The van der Waals surface area contributed by atoms with Gasteiger partial charge in [0.15, 0.2) is 0 Å². The molecule has 0 aliphatic rings. The molecule has 0 saturated carbocycles. The highest BCUT2D eigenvalue weighted by Gasteiger charge is 2.06. The molecule has 0 heterocycles. The first-order chi connectivity index (χ1) is 7.61. The molecular formula is C13H18BrNO. The van der Waals surface area contributed by atoms with Gasteiger partial charge in [-0.1, -0.05) is 35.0 Å². The molecule has 0 aliphatic heterocycles. The molecule has 3 heteroatoms. The number of hydrogen-bond acceptors (Lipinski definition) is 2. The molecule has 0 spiro atoms. The molecule has 0 aromatic heterocycles. The van der Waals surface area contributed by atoms with Crippen LogP contribution in [0.25, 0.3) is 0 Å². The zero-order valence-corrected chi connectivity index (χ0v) is 11.2. The van der Waals surface area contributed by atoms with Crippen molar-refractivity contribution >= 4 is 21.7 Å². The van der Waals surface area contributed by atoms with Gasteiger partial charge in [-0.15, -0.1) is 0 Å². The number of ketones is 1. The molecule has 0 saturated heterocycles. The van der Waals surface area contributed by atoms with Crippen LogP contribution in [0.4, 0.5) is 0 Å². The van der Waals surface area contributed by atoms with Crippen molar-refractivity contribution < 1.29 is 4.79 Å². The van der Waals surface area contributed by atoms with Crippen molar-refractivity contribution in [2.24, 2.45) is 11.7 Å². The molecule has 1 atom stereocenters. The Morgan fingerprint density at radius 2 is 2.00 bits per heavy atom. The van der Waals surface area contributed by atoms with Crippen LogP contribution in [0.1, 0.15) is 25.3 Å². The summed E-state index contributed by atoms with van der Waals surface area (Å²) in [6, 6.07) is 7.89. The Hall–Kier alpha value is -0.670. The van der Waals surface area contributed by atoms with Gasteiger partial charge in [-0.2, -0.15) is 0 Å². The third-order valence-corrected chi connectivity index (χ3v) is 3.16. The lowest BCUT2D eigenvalue weighted by Gasteiger charge is -2.07. The third-order valence-electron chi connectivity index (χ3n) is 2.63. The standard InChI is InChI=1S/C13H18BrNO/c1-10(9-15)2-7-13(16)8-11-3-5-12(14)6-4-11/h3-6,10H,2,7-9,15H2,1H3. The van der Waals surface area contributed by atoms with Gasteiger partial charge in [-0.25, -0.2) is 0 Å². The van der Waals surface area contributed by atoms with Crippen molar-refractivity contribution in [2.75, 3.05) is 6.54 Å². The summed E-state index contributed by atoms with van der Waals surface area (Å²) in [5.74, 6) is 0.733. The van der Waals surface area contributed by atoms with E-state index in [9.17, 15) is 4.79 Å². The number of hydrogen-bond donors (Lipinski definition) is 1. The van der Waals surface area contributed by atoms with Crippen LogP contribution < -0.4 is 5.73 Å². The summed E-state index contributed by atoms with van der Waals surface area (Å²) >= 11 is 3.37. The second kappa shape index (κ2) is 6.81. The van der Waals surface area contributed by atoms with E-state index in [1.807, 2.05) is 24.3 Å². The van der Waals surface area contributed by atoms with E-state index in [0.717, 1.165) is 16.5 Å². The van der Waals surface area contributed by atoms with Crippen molar-refractivity contribution in [3.05, 3.63) is 34.3 Å². The highest BCUT2D eigenvalue weighted by atomic mass is 79.9. The Bertz CT molecular complexity index is 334. The van der Waals surface area contributed by atoms with Crippen molar-refractivity contribution in [3.63, 3.8) is 0 Å². The molecule has 0 radical (unpaired) electrons. The van der Waals surface area contributed by atoms with E-state index in [0.29, 0.717) is 31.1 Å². The minimum absolute atomic E-state index is 0.294. The van der Waals surface area contributed by atoms with Gasteiger partial charge in [-0.3, -0.25) is 4.79 Å². The van der Waals surface area contributed by atoms with Gasteiger partial charge in [0, 0.05) is 17.3 Å². The number of Topliss-reactive ketones (excluding diaryl/α,β-unsaturated/α-hetero) is 1. The van der Waals surface area contributed by atoms with Gasteiger partial charge < -0.3 is 5.73 Å². The molecule has 2 nitrogen and oxygen atoms in total. The molecule has 0 fully saturated rings. The van der Waals surface area contributed by atoms with Crippen molar-refractivity contribution in [1.82, 2.24) is 0 Å². The van der Waals surface area contributed by atoms with E-state index in [1.165, 1.54) is 0 Å². The molecular weight excluding hydrogens is 266 g/mol. The summed E-state index contributed by atoms with van der Waals surface area (Å²) in [4.78, 5) is 11.7. The molecule has 1 aromatic carbocycles. The minimum Gasteiger partial charge on any atom is -0.330 e. The maximum absolute atomic E-state index is 11.7. The van der Waals surface area contributed by atoms with Gasteiger partial charge in [0.1, 0.15) is 5.78 Å². The van der Waals surface area contributed by atoms with Gasteiger partial charge in [0.05, 0.1) is 0 Å². The van der Waals surface area contributed by atoms with Crippen LogP contribution in [0.15, 0.2) is 28.7 Å². The monoisotopic (exact) mass is 283 g/mol. The zero-order chi connectivity index (χ0) is 12.0. The lowest BCUT2D eigenvalue weighted by molar-refractivity contribution is -0.118. The first-order valence-electron chi connectivity index (χ1n) is 5.58. The van der Waals surface area contributed by atoms with E-state index in [2.05, 4.69) is 22.9 Å². The highest BCUT2D eigenvalue weighted by molar-refractivity contribution is 9.10. The van der Waals surface area contributed by atoms with E-state index >= 15 is 0 Å². The van der Waals surface area contributed by atoms with Gasteiger partial charge in [0.2, 0.25) is 0 Å². The number of benzene rings is 1. The molecule has 0 aliphatic carbocycles. The average molecular weight is 284 g/mol. The van der Waals surface area contributed by atoms with Crippen molar-refractivity contribution in [2.45, 2.75) is 26.2 Å². The normalized spacial score (nSPS) is 12.4. The number of carbonyl (C=O) groups is 1. The van der Waals surface area contributed by atoms with Gasteiger partial charge in [0.25, 0.3) is 0 Å². The van der Waals surface area contributed by atoms with Crippen LogP contribution in [-0.2, 0) is 11.2 Å². The number of rotatable bonds is 6. The Morgan fingerprint density at radius 3 is 2.56 bits per heavy atom. The summed E-state index contributed by atoms with van der Waals surface area (Å²) in [6.07, 6.45) is 2.06. The van der Waals surface area contributed by atoms with E-state index in [1.54, 1.807) is 0 Å². The van der Waals surface area contributed by atoms with E-state index in [-0.39, 0.29) is 0 Å². The van der Waals surface area contributed by atoms with Gasteiger partial charge >= 0.3 is 0 Å². The topological polar surface area (TPSA) is 43.1 Å². The Balaban J connectivity index is 2.37. The Kier molecular flexibility index (Phi) is 5.71. The number of nitrogens with two attached hydrogens (primary N) is 1. The number of carbonyl (C=O) groups excluding carboxylic acids is 1. The van der Waals surface area contributed by atoms with Crippen molar-refractivity contribution in [1.29, 1.82) is 0 Å². The number of halogens is 1. The fraction of sp³-hybridized carbons (Fsp3) is 0.462. The molecule has 0 bridgehead atoms. The molecule has 2 N–H and O–H groups in total. The molecule has 1 unspecified atom stereocenters. The van der Waals surface area contributed by atoms with Crippen LogP contribution in [-0.4, -0.2) is 12.3 Å². The Labute approximate surface area is 105 Å². The van der Waals surface area contributed by atoms with Gasteiger partial charge in [-0.05, 0) is 36.6 Å². The summed E-state index contributed by atoms with van der Waals surface area (Å²) in [7, 11) is 0. The zero-order valence-electron chi connectivity index (χ0n) is 9.58. The summed E-state index contributed by atoms with van der Waals surface area (Å²) < 4.78 is 1.04. The van der Waals surface area contributed by atoms with E-state index in [4.69, 9.17) is 5.73 Å². The average Bonchev–Trinajstić information content (AvgIpc) is 2.29. The largest absolute Gasteiger partial charge is 0.330 e. The second-order valence-corrected chi connectivity index (χ2v) is 5.14.